The molecule has 0 saturated carbocycles. The van der Waals surface area contributed by atoms with Gasteiger partial charge in [0, 0.05) is 11.6 Å². The van der Waals surface area contributed by atoms with E-state index in [0.29, 0.717) is 18.6 Å². The second kappa shape index (κ2) is 7.42. The van der Waals surface area contributed by atoms with Gasteiger partial charge in [-0.1, -0.05) is 38.5 Å². The third kappa shape index (κ3) is 4.02. The summed E-state index contributed by atoms with van der Waals surface area (Å²) in [5, 5.41) is 3.63. The topological polar surface area (TPSA) is 21.3 Å². The van der Waals surface area contributed by atoms with E-state index in [4.69, 9.17) is 4.74 Å². The monoisotopic (exact) mass is 249 g/mol. The zero-order chi connectivity index (χ0) is 13.5. The lowest BCUT2D eigenvalue weighted by atomic mass is 9.94. The molecule has 0 amide bonds. The highest BCUT2D eigenvalue weighted by Crippen LogP contribution is 2.31. The standard InChI is InChI=1S/C16H27NO/c1-6-10-17-16(12(3)4)14-11-13(5)8-9-15(14)18-7-2/h8-9,11-12,16-17H,6-7,10H2,1-5H3. The van der Waals surface area contributed by atoms with Crippen molar-refractivity contribution in [2.75, 3.05) is 13.2 Å². The first-order valence-corrected chi connectivity index (χ1v) is 7.06. The zero-order valence-electron chi connectivity index (χ0n) is 12.4. The summed E-state index contributed by atoms with van der Waals surface area (Å²) in [5.74, 6) is 1.57. The van der Waals surface area contributed by atoms with Crippen LogP contribution in [0.15, 0.2) is 18.2 Å². The highest BCUT2D eigenvalue weighted by molar-refractivity contribution is 5.39. The lowest BCUT2D eigenvalue weighted by molar-refractivity contribution is 0.322. The van der Waals surface area contributed by atoms with Gasteiger partial charge < -0.3 is 10.1 Å². The van der Waals surface area contributed by atoms with E-state index in [-0.39, 0.29) is 0 Å². The summed E-state index contributed by atoms with van der Waals surface area (Å²) < 4.78 is 5.76. The van der Waals surface area contributed by atoms with Crippen molar-refractivity contribution in [2.45, 2.75) is 47.1 Å². The van der Waals surface area contributed by atoms with Crippen molar-refractivity contribution >= 4 is 0 Å². The molecule has 1 N–H and O–H groups in total. The Bertz CT molecular complexity index is 360. The molecule has 1 unspecified atom stereocenters. The Morgan fingerprint density at radius 2 is 1.94 bits per heavy atom. The highest BCUT2D eigenvalue weighted by Gasteiger charge is 2.19. The molecule has 0 aliphatic carbocycles. The summed E-state index contributed by atoms with van der Waals surface area (Å²) in [6.07, 6.45) is 1.15. The van der Waals surface area contributed by atoms with Crippen molar-refractivity contribution in [3.8, 4) is 5.75 Å². The van der Waals surface area contributed by atoms with Crippen LogP contribution in [0.2, 0.25) is 0 Å². The molecule has 1 rings (SSSR count). The van der Waals surface area contributed by atoms with Crippen LogP contribution in [0.5, 0.6) is 5.75 Å². The number of hydrogen-bond donors (Lipinski definition) is 1. The van der Waals surface area contributed by atoms with Gasteiger partial charge in [0.1, 0.15) is 5.75 Å². The Hall–Kier alpha value is -1.02. The van der Waals surface area contributed by atoms with E-state index in [0.717, 1.165) is 18.7 Å². The second-order valence-corrected chi connectivity index (χ2v) is 5.15. The fourth-order valence-electron chi connectivity index (χ4n) is 2.20. The maximum absolute atomic E-state index is 5.76. The molecule has 0 heterocycles. The fraction of sp³-hybridized carbons (Fsp3) is 0.625. The van der Waals surface area contributed by atoms with Gasteiger partial charge in [0.05, 0.1) is 6.61 Å². The smallest absolute Gasteiger partial charge is 0.124 e. The van der Waals surface area contributed by atoms with Gasteiger partial charge in [-0.3, -0.25) is 0 Å². The van der Waals surface area contributed by atoms with Crippen LogP contribution in [-0.2, 0) is 0 Å². The summed E-state index contributed by atoms with van der Waals surface area (Å²) in [4.78, 5) is 0. The number of aryl methyl sites for hydroxylation is 1. The fourth-order valence-corrected chi connectivity index (χ4v) is 2.20. The molecule has 2 nitrogen and oxygen atoms in total. The van der Waals surface area contributed by atoms with Gasteiger partial charge in [-0.2, -0.15) is 0 Å². The lowest BCUT2D eigenvalue weighted by Crippen LogP contribution is -2.27. The Labute approximate surface area is 112 Å². The Morgan fingerprint density at radius 3 is 2.50 bits per heavy atom. The van der Waals surface area contributed by atoms with E-state index in [9.17, 15) is 0 Å². The first-order chi connectivity index (χ1) is 8.60. The number of rotatable bonds is 7. The SMILES string of the molecule is CCCNC(c1cc(C)ccc1OCC)C(C)C. The minimum atomic E-state index is 0.367. The van der Waals surface area contributed by atoms with Crippen LogP contribution in [0.25, 0.3) is 0 Å². The van der Waals surface area contributed by atoms with Crippen LogP contribution in [0, 0.1) is 12.8 Å². The summed E-state index contributed by atoms with van der Waals surface area (Å²) in [6, 6.07) is 6.83. The van der Waals surface area contributed by atoms with E-state index in [2.05, 4.69) is 51.2 Å². The normalized spacial score (nSPS) is 12.8. The maximum atomic E-state index is 5.76. The average Bonchev–Trinajstić information content (AvgIpc) is 2.32. The molecule has 18 heavy (non-hydrogen) atoms. The molecule has 0 aliphatic heterocycles. The molecule has 102 valence electrons. The van der Waals surface area contributed by atoms with Crippen molar-refractivity contribution in [1.82, 2.24) is 5.32 Å². The minimum absolute atomic E-state index is 0.367. The van der Waals surface area contributed by atoms with Gasteiger partial charge in [-0.05, 0) is 38.8 Å². The van der Waals surface area contributed by atoms with Crippen molar-refractivity contribution < 1.29 is 4.74 Å². The maximum Gasteiger partial charge on any atom is 0.124 e. The third-order valence-corrected chi connectivity index (χ3v) is 3.08. The van der Waals surface area contributed by atoms with Gasteiger partial charge in [-0.15, -0.1) is 0 Å². The van der Waals surface area contributed by atoms with E-state index < -0.39 is 0 Å². The summed E-state index contributed by atoms with van der Waals surface area (Å²) in [5.41, 5.74) is 2.58. The van der Waals surface area contributed by atoms with Gasteiger partial charge in [0.25, 0.3) is 0 Å². The van der Waals surface area contributed by atoms with Gasteiger partial charge >= 0.3 is 0 Å². The van der Waals surface area contributed by atoms with Crippen LogP contribution in [0.4, 0.5) is 0 Å². The van der Waals surface area contributed by atoms with E-state index in [1.165, 1.54) is 11.1 Å². The van der Waals surface area contributed by atoms with Gasteiger partial charge in [0.2, 0.25) is 0 Å². The average molecular weight is 249 g/mol. The molecule has 0 fully saturated rings. The largest absolute Gasteiger partial charge is 0.494 e. The molecule has 0 aliphatic rings. The summed E-state index contributed by atoms with van der Waals surface area (Å²) in [7, 11) is 0. The van der Waals surface area contributed by atoms with Crippen molar-refractivity contribution in [3.05, 3.63) is 29.3 Å². The zero-order valence-corrected chi connectivity index (χ0v) is 12.4. The first kappa shape index (κ1) is 15.0. The molecule has 0 radical (unpaired) electrons. The van der Waals surface area contributed by atoms with E-state index in [1.807, 2.05) is 6.92 Å². The molecule has 1 aromatic carbocycles. The summed E-state index contributed by atoms with van der Waals surface area (Å²) in [6.45, 7) is 12.6. The van der Waals surface area contributed by atoms with Crippen LogP contribution in [-0.4, -0.2) is 13.2 Å². The number of ether oxygens (including phenoxy) is 1. The summed E-state index contributed by atoms with van der Waals surface area (Å²) >= 11 is 0. The van der Waals surface area contributed by atoms with Crippen LogP contribution in [0.3, 0.4) is 0 Å². The Balaban J connectivity index is 3.03. The lowest BCUT2D eigenvalue weighted by Gasteiger charge is -2.25. The number of nitrogens with one attached hydrogen (secondary N) is 1. The highest BCUT2D eigenvalue weighted by atomic mass is 16.5. The van der Waals surface area contributed by atoms with Crippen molar-refractivity contribution in [3.63, 3.8) is 0 Å². The van der Waals surface area contributed by atoms with E-state index in [1.54, 1.807) is 0 Å². The van der Waals surface area contributed by atoms with Crippen LogP contribution < -0.4 is 10.1 Å². The molecule has 0 bridgehead atoms. The molecular weight excluding hydrogens is 222 g/mol. The Morgan fingerprint density at radius 1 is 1.22 bits per heavy atom. The molecule has 0 saturated heterocycles. The molecule has 0 spiro atoms. The Kier molecular flexibility index (Phi) is 6.20. The van der Waals surface area contributed by atoms with Crippen molar-refractivity contribution in [1.29, 1.82) is 0 Å². The van der Waals surface area contributed by atoms with Gasteiger partial charge in [0.15, 0.2) is 0 Å². The number of benzene rings is 1. The minimum Gasteiger partial charge on any atom is -0.494 e. The van der Waals surface area contributed by atoms with Crippen LogP contribution >= 0.6 is 0 Å². The second-order valence-electron chi connectivity index (χ2n) is 5.15. The van der Waals surface area contributed by atoms with Gasteiger partial charge in [-0.25, -0.2) is 0 Å². The third-order valence-electron chi connectivity index (χ3n) is 3.08. The predicted molar refractivity (Wildman–Crippen MR) is 78.2 cm³/mol. The molecule has 1 atom stereocenters. The number of hydrogen-bond acceptors (Lipinski definition) is 2. The first-order valence-electron chi connectivity index (χ1n) is 7.06. The predicted octanol–water partition coefficient (Wildman–Crippen LogP) is 4.09. The molecule has 1 aromatic rings. The molecule has 2 heteroatoms. The van der Waals surface area contributed by atoms with E-state index >= 15 is 0 Å². The van der Waals surface area contributed by atoms with Crippen LogP contribution in [0.1, 0.15) is 51.3 Å². The quantitative estimate of drug-likeness (QED) is 0.786. The van der Waals surface area contributed by atoms with Crippen molar-refractivity contribution in [2.24, 2.45) is 5.92 Å². The molecule has 0 aromatic heterocycles. The molecular formula is C16H27NO.